The second-order valence-electron chi connectivity index (χ2n) is 23.8. The molecule has 2 aromatic carbocycles. The van der Waals surface area contributed by atoms with Crippen molar-refractivity contribution in [2.24, 2.45) is 17.0 Å². The number of benzene rings is 2. The Kier molecular flexibility index (Phi) is 21.5. The standard InChI is InChI=1S/C58H85NO26/c1-22(2)57(69)85-56-28(8)78-43(21-58(56,10)70)82-37-18-41(74-24(4)49(37)66)81-36-19-42(75-25(5)48(36)65)84-55-33(54(73-12)46(59-71)47(64)23(3)60)15-31-13-30-14-32(16-34(62)44(30)50(67)45(31)51(55)68)80-40-20-38(79-29(9)61)53(27(7)77-40)83-39-17-35(63)52(72-11)26(6)76-39/h13-14,16,22-28,33,35-43,47-49,52-56,60,62-67,70-71H,15,17-21H2,1-12H3/b59-46+. The number of carbonyl (C=O) groups is 3. The van der Waals surface area contributed by atoms with Crippen LogP contribution in [-0.4, -0.2) is 231 Å². The van der Waals surface area contributed by atoms with Crippen LogP contribution in [0.2, 0.25) is 0 Å². The van der Waals surface area contributed by atoms with Crippen molar-refractivity contribution >= 4 is 34.2 Å². The summed E-state index contributed by atoms with van der Waals surface area (Å²) in [5, 5.41) is 104. The summed E-state index contributed by atoms with van der Waals surface area (Å²) in [4.78, 5) is 40.0. The van der Waals surface area contributed by atoms with E-state index < -0.39 is 194 Å². The first-order chi connectivity index (χ1) is 40.0. The lowest BCUT2D eigenvalue weighted by molar-refractivity contribution is -0.334. The number of rotatable bonds is 19. The molecule has 27 heteroatoms. The molecule has 25 atom stereocenters. The molecule has 0 aromatic heterocycles. The minimum Gasteiger partial charge on any atom is -0.507 e. The normalized spacial score (nSPS) is 39.4. The Morgan fingerprint density at radius 1 is 0.718 bits per heavy atom. The van der Waals surface area contributed by atoms with Gasteiger partial charge in [0.2, 0.25) is 6.29 Å². The predicted molar refractivity (Wildman–Crippen MR) is 291 cm³/mol. The molecule has 27 nitrogen and oxygen atoms in total. The Labute approximate surface area is 492 Å². The molecular formula is C58H85NO26. The third-order valence-corrected chi connectivity index (χ3v) is 16.8. The molecule has 85 heavy (non-hydrogen) atoms. The Morgan fingerprint density at radius 2 is 1.28 bits per heavy atom. The molecule has 5 fully saturated rings. The number of nitrogens with zero attached hydrogens (tertiary/aromatic N) is 1. The number of Topliss-reactive ketones (excluding diaryl/α,β-unsaturated/α-hetero) is 1. The van der Waals surface area contributed by atoms with E-state index in [1.54, 1.807) is 48.5 Å². The van der Waals surface area contributed by atoms with E-state index in [1.165, 1.54) is 53.2 Å². The minimum atomic E-state index is -1.81. The number of aliphatic hydroxyl groups excluding tert-OH is 5. The second-order valence-corrected chi connectivity index (χ2v) is 23.8. The topological polar surface area (TPSA) is 375 Å². The third kappa shape index (κ3) is 14.7. The van der Waals surface area contributed by atoms with E-state index in [2.05, 4.69) is 5.16 Å². The van der Waals surface area contributed by atoms with Crippen LogP contribution in [0.1, 0.15) is 117 Å². The van der Waals surface area contributed by atoms with Gasteiger partial charge in [0.1, 0.15) is 77.4 Å². The van der Waals surface area contributed by atoms with Gasteiger partial charge in [-0.2, -0.15) is 0 Å². The van der Waals surface area contributed by atoms with Crippen LogP contribution < -0.4 is 4.74 Å². The number of oxime groups is 1. The van der Waals surface area contributed by atoms with Gasteiger partial charge in [0, 0.05) is 65.2 Å². The molecule has 9 N–H and O–H groups in total. The zero-order valence-corrected chi connectivity index (χ0v) is 49.8. The Morgan fingerprint density at radius 3 is 1.85 bits per heavy atom. The fourth-order valence-corrected chi connectivity index (χ4v) is 12.5. The van der Waals surface area contributed by atoms with Crippen molar-refractivity contribution in [3.63, 3.8) is 0 Å². The van der Waals surface area contributed by atoms with E-state index in [0.717, 1.165) is 0 Å². The smallest absolute Gasteiger partial charge is 0.308 e. The van der Waals surface area contributed by atoms with Crippen molar-refractivity contribution in [1.29, 1.82) is 0 Å². The van der Waals surface area contributed by atoms with Gasteiger partial charge in [-0.25, -0.2) is 0 Å². The first-order valence-corrected chi connectivity index (χ1v) is 28.9. The van der Waals surface area contributed by atoms with Crippen LogP contribution in [0.5, 0.6) is 17.2 Å². The Hall–Kier alpha value is -4.50. The number of ether oxygens (including phenoxy) is 14. The van der Waals surface area contributed by atoms with Gasteiger partial charge in [0.25, 0.3) is 0 Å². The SMILES string of the molecule is COC(/C(=N/O)C(O)C(C)O)C1Cc2cc3cc(OC4CC(OC(C)=O)C(OC5CC(O)C(OC)C(C)O5)C(C)O4)cc(O)c3c(O)c2C(=O)C1OC1CC(OC2CC(OC3CC(C)(O)C(OC(=O)C(C)C)C(C)O3)C(O)C(C)O2)C(O)C(C)O1. The highest BCUT2D eigenvalue weighted by atomic mass is 16.7. The molecule has 0 bridgehead atoms. The van der Waals surface area contributed by atoms with E-state index in [4.69, 9.17) is 66.3 Å². The molecule has 1 aliphatic carbocycles. The highest BCUT2D eigenvalue weighted by Gasteiger charge is 2.52. The molecule has 478 valence electrons. The molecule has 5 heterocycles. The summed E-state index contributed by atoms with van der Waals surface area (Å²) in [5.41, 5.74) is -2.09. The molecule has 5 saturated heterocycles. The number of fused-ring (bicyclic) bond motifs is 2. The van der Waals surface area contributed by atoms with Gasteiger partial charge < -0.3 is 112 Å². The molecular weight excluding hydrogens is 1130 g/mol. The van der Waals surface area contributed by atoms with E-state index in [1.807, 2.05) is 0 Å². The highest BCUT2D eigenvalue weighted by molar-refractivity contribution is 6.11. The number of hydrogen-bond acceptors (Lipinski definition) is 27. The van der Waals surface area contributed by atoms with E-state index in [0.29, 0.717) is 0 Å². The van der Waals surface area contributed by atoms with Crippen LogP contribution in [0.15, 0.2) is 23.4 Å². The average Bonchev–Trinajstić information content (AvgIpc) is 1.35. The first kappa shape index (κ1) is 66.5. The Balaban J connectivity index is 1.02. The van der Waals surface area contributed by atoms with E-state index in [-0.39, 0.29) is 66.2 Å². The number of carbonyl (C=O) groups excluding carboxylic acids is 3. The quantitative estimate of drug-likeness (QED) is 0.0421. The van der Waals surface area contributed by atoms with Crippen LogP contribution in [0.25, 0.3) is 10.8 Å². The fraction of sp³-hybridized carbons (Fsp3) is 0.759. The lowest BCUT2D eigenvalue weighted by Crippen LogP contribution is -2.59. The average molecular weight is 1210 g/mol. The summed E-state index contributed by atoms with van der Waals surface area (Å²) in [6.07, 6.45) is -25.3. The molecule has 0 spiro atoms. The first-order valence-electron chi connectivity index (χ1n) is 28.9. The van der Waals surface area contributed by atoms with Crippen LogP contribution in [0, 0.1) is 11.8 Å². The number of ketones is 1. The number of phenols is 2. The number of aromatic hydroxyl groups is 2. The van der Waals surface area contributed by atoms with Gasteiger partial charge in [0.05, 0.1) is 71.8 Å². The number of phenolic OH excluding ortho intramolecular Hbond substituents is 2. The summed E-state index contributed by atoms with van der Waals surface area (Å²) >= 11 is 0. The van der Waals surface area contributed by atoms with Gasteiger partial charge in [-0.1, -0.05) is 19.0 Å². The van der Waals surface area contributed by atoms with Crippen molar-refractivity contribution in [3.8, 4) is 17.2 Å². The van der Waals surface area contributed by atoms with Crippen LogP contribution in [0.3, 0.4) is 0 Å². The lowest BCUT2D eigenvalue weighted by atomic mass is 9.74. The number of aliphatic hydroxyl groups is 6. The van der Waals surface area contributed by atoms with Crippen molar-refractivity contribution in [3.05, 3.63) is 29.3 Å². The van der Waals surface area contributed by atoms with Crippen LogP contribution in [-0.2, 0) is 77.6 Å². The van der Waals surface area contributed by atoms with Gasteiger partial charge in [-0.15, -0.1) is 0 Å². The molecule has 0 saturated carbocycles. The zero-order chi connectivity index (χ0) is 62.3. The number of methoxy groups -OCH3 is 2. The predicted octanol–water partition coefficient (Wildman–Crippen LogP) is 2.14. The largest absolute Gasteiger partial charge is 0.507 e. The Bertz CT molecular complexity index is 2660. The summed E-state index contributed by atoms with van der Waals surface area (Å²) in [7, 11) is 2.70. The van der Waals surface area contributed by atoms with Gasteiger partial charge in [-0.3, -0.25) is 14.4 Å². The van der Waals surface area contributed by atoms with E-state index in [9.17, 15) is 55.6 Å². The maximum absolute atomic E-state index is 15.2. The maximum atomic E-state index is 15.2. The fourth-order valence-electron chi connectivity index (χ4n) is 12.5. The summed E-state index contributed by atoms with van der Waals surface area (Å²) in [6.45, 7) is 15.5. The van der Waals surface area contributed by atoms with Gasteiger partial charge >= 0.3 is 11.9 Å². The molecule has 0 radical (unpaired) electrons. The van der Waals surface area contributed by atoms with E-state index >= 15 is 4.79 Å². The summed E-state index contributed by atoms with van der Waals surface area (Å²) in [6, 6.07) is 4.21. The second kappa shape index (κ2) is 27.5. The molecule has 6 aliphatic rings. The molecule has 2 aromatic rings. The van der Waals surface area contributed by atoms with Gasteiger partial charge in [-0.05, 0) is 78.0 Å². The molecule has 25 unspecified atom stereocenters. The maximum Gasteiger partial charge on any atom is 0.308 e. The van der Waals surface area contributed by atoms with Crippen molar-refractivity contribution in [2.75, 3.05) is 14.2 Å². The number of esters is 2. The zero-order valence-electron chi connectivity index (χ0n) is 49.8. The number of hydrogen-bond donors (Lipinski definition) is 9. The monoisotopic (exact) mass is 1210 g/mol. The highest BCUT2D eigenvalue weighted by Crippen LogP contribution is 2.46. The molecule has 0 amide bonds. The van der Waals surface area contributed by atoms with Gasteiger partial charge in [0.15, 0.2) is 37.0 Å². The summed E-state index contributed by atoms with van der Waals surface area (Å²) < 4.78 is 84.6. The van der Waals surface area contributed by atoms with Crippen LogP contribution in [0.4, 0.5) is 0 Å². The van der Waals surface area contributed by atoms with Crippen molar-refractivity contribution < 1.29 is 127 Å². The third-order valence-electron chi connectivity index (χ3n) is 16.8. The lowest BCUT2D eigenvalue weighted by Gasteiger charge is -2.47. The van der Waals surface area contributed by atoms with Crippen molar-refractivity contribution in [2.45, 2.75) is 255 Å². The minimum absolute atomic E-state index is 0.0443. The van der Waals surface area contributed by atoms with Crippen molar-refractivity contribution in [1.82, 2.24) is 0 Å². The van der Waals surface area contributed by atoms with Crippen LogP contribution >= 0.6 is 0 Å². The molecule has 5 aliphatic heterocycles. The molecule has 8 rings (SSSR count). The summed E-state index contributed by atoms with van der Waals surface area (Å²) in [5.74, 6) is -4.72.